The molecule has 118 valence electrons. The first kappa shape index (κ1) is 16.3. The lowest BCUT2D eigenvalue weighted by Gasteiger charge is -2.43. The number of ether oxygens (including phenoxy) is 1. The second-order valence-corrected chi connectivity index (χ2v) is 6.20. The van der Waals surface area contributed by atoms with Gasteiger partial charge in [-0.2, -0.15) is 0 Å². The van der Waals surface area contributed by atoms with Crippen LogP contribution in [0.2, 0.25) is 0 Å². The Labute approximate surface area is 129 Å². The fourth-order valence-corrected chi connectivity index (χ4v) is 3.12. The Kier molecular flexibility index (Phi) is 5.62. The average molecular weight is 291 g/mol. The number of methoxy groups -OCH3 is 1. The molecule has 0 radical (unpaired) electrons. The lowest BCUT2D eigenvalue weighted by Crippen LogP contribution is -2.56. The molecular formula is C17H29N3O. The van der Waals surface area contributed by atoms with Crippen molar-refractivity contribution in [2.45, 2.75) is 32.0 Å². The van der Waals surface area contributed by atoms with Crippen molar-refractivity contribution >= 4 is 0 Å². The number of nitrogens with one attached hydrogen (secondary N) is 1. The SMILES string of the molecule is CNC(CN1CC(C)N(C)C(C)C1)c1ccc(OC)cc1. The number of piperazine rings is 1. The van der Waals surface area contributed by atoms with E-state index in [9.17, 15) is 0 Å². The first-order chi connectivity index (χ1) is 10.0. The molecule has 0 aliphatic carbocycles. The van der Waals surface area contributed by atoms with Gasteiger partial charge in [-0.3, -0.25) is 9.80 Å². The zero-order valence-corrected chi connectivity index (χ0v) is 14.0. The quantitative estimate of drug-likeness (QED) is 0.898. The molecule has 0 spiro atoms. The Morgan fingerprint density at radius 3 is 2.24 bits per heavy atom. The lowest BCUT2D eigenvalue weighted by atomic mass is 10.0. The average Bonchev–Trinajstić information content (AvgIpc) is 2.50. The summed E-state index contributed by atoms with van der Waals surface area (Å²) >= 11 is 0. The van der Waals surface area contributed by atoms with Crippen LogP contribution < -0.4 is 10.1 Å². The summed E-state index contributed by atoms with van der Waals surface area (Å²) < 4.78 is 5.24. The van der Waals surface area contributed by atoms with Crippen LogP contribution in [0, 0.1) is 0 Å². The summed E-state index contributed by atoms with van der Waals surface area (Å²) in [4.78, 5) is 5.04. The van der Waals surface area contributed by atoms with Crippen LogP contribution in [-0.2, 0) is 0 Å². The standard InChI is InChI=1S/C17H29N3O/c1-13-10-20(11-14(2)19(13)4)12-17(18-3)15-6-8-16(21-5)9-7-15/h6-9,13-14,17-18H,10-12H2,1-5H3. The maximum Gasteiger partial charge on any atom is 0.118 e. The van der Waals surface area contributed by atoms with Crippen molar-refractivity contribution in [2.24, 2.45) is 0 Å². The highest BCUT2D eigenvalue weighted by molar-refractivity contribution is 5.29. The molecule has 0 saturated carbocycles. The van der Waals surface area contributed by atoms with Gasteiger partial charge in [0.15, 0.2) is 0 Å². The van der Waals surface area contributed by atoms with Gasteiger partial charge in [-0.25, -0.2) is 0 Å². The predicted octanol–water partition coefficient (Wildman–Crippen LogP) is 1.98. The maximum atomic E-state index is 5.24. The van der Waals surface area contributed by atoms with Gasteiger partial charge in [0.1, 0.15) is 5.75 Å². The molecule has 21 heavy (non-hydrogen) atoms. The van der Waals surface area contributed by atoms with Crippen LogP contribution in [0.25, 0.3) is 0 Å². The van der Waals surface area contributed by atoms with E-state index < -0.39 is 0 Å². The van der Waals surface area contributed by atoms with Crippen LogP contribution in [0.15, 0.2) is 24.3 Å². The molecule has 4 heteroatoms. The van der Waals surface area contributed by atoms with E-state index >= 15 is 0 Å². The second-order valence-electron chi connectivity index (χ2n) is 6.20. The Hall–Kier alpha value is -1.10. The van der Waals surface area contributed by atoms with E-state index in [4.69, 9.17) is 4.74 Å². The molecule has 1 fully saturated rings. The molecule has 3 atom stereocenters. The molecule has 0 aromatic heterocycles. The van der Waals surface area contributed by atoms with Gasteiger partial charge in [0.25, 0.3) is 0 Å². The molecule has 1 aromatic carbocycles. The molecule has 1 aliphatic heterocycles. The minimum Gasteiger partial charge on any atom is -0.497 e. The Morgan fingerprint density at radius 2 is 1.76 bits per heavy atom. The Balaban J connectivity index is 2.01. The van der Waals surface area contributed by atoms with Crippen LogP contribution >= 0.6 is 0 Å². The summed E-state index contributed by atoms with van der Waals surface area (Å²) in [6.07, 6.45) is 0. The second kappa shape index (κ2) is 7.25. The molecule has 1 saturated heterocycles. The van der Waals surface area contributed by atoms with E-state index in [-0.39, 0.29) is 0 Å². The molecule has 1 N–H and O–H groups in total. The van der Waals surface area contributed by atoms with E-state index in [0.29, 0.717) is 18.1 Å². The Bertz CT molecular complexity index is 422. The summed E-state index contributed by atoms with van der Waals surface area (Å²) in [7, 11) is 5.97. The number of rotatable bonds is 5. The van der Waals surface area contributed by atoms with E-state index in [1.54, 1.807) is 7.11 Å². The smallest absolute Gasteiger partial charge is 0.118 e. The number of benzene rings is 1. The van der Waals surface area contributed by atoms with Crippen molar-refractivity contribution in [3.05, 3.63) is 29.8 Å². The van der Waals surface area contributed by atoms with E-state index in [2.05, 4.69) is 48.1 Å². The largest absolute Gasteiger partial charge is 0.497 e. The van der Waals surface area contributed by atoms with E-state index in [0.717, 1.165) is 25.4 Å². The maximum absolute atomic E-state index is 5.24. The molecule has 4 nitrogen and oxygen atoms in total. The van der Waals surface area contributed by atoms with Crippen molar-refractivity contribution in [3.63, 3.8) is 0 Å². The van der Waals surface area contributed by atoms with Gasteiger partial charge in [-0.15, -0.1) is 0 Å². The third-order valence-electron chi connectivity index (χ3n) is 4.74. The van der Waals surface area contributed by atoms with Crippen LogP contribution in [0.1, 0.15) is 25.5 Å². The summed E-state index contributed by atoms with van der Waals surface area (Å²) in [5.41, 5.74) is 1.32. The van der Waals surface area contributed by atoms with E-state index in [1.807, 2.05) is 19.2 Å². The van der Waals surface area contributed by atoms with Crippen LogP contribution in [-0.4, -0.2) is 62.7 Å². The third kappa shape index (κ3) is 3.96. The topological polar surface area (TPSA) is 27.7 Å². The van der Waals surface area contributed by atoms with Gasteiger partial charge in [-0.1, -0.05) is 12.1 Å². The highest BCUT2D eigenvalue weighted by atomic mass is 16.5. The minimum atomic E-state index is 0.360. The normalized spacial score (nSPS) is 25.8. The van der Waals surface area contributed by atoms with Gasteiger partial charge in [0.05, 0.1) is 7.11 Å². The van der Waals surface area contributed by atoms with E-state index in [1.165, 1.54) is 5.56 Å². The number of likely N-dealkylation sites (N-methyl/N-ethyl adjacent to an activating group) is 2. The molecule has 0 amide bonds. The molecule has 1 aromatic rings. The fourth-order valence-electron chi connectivity index (χ4n) is 3.12. The number of nitrogens with zero attached hydrogens (tertiary/aromatic N) is 2. The summed E-state index contributed by atoms with van der Waals surface area (Å²) in [5, 5.41) is 3.45. The zero-order chi connectivity index (χ0) is 15.4. The number of hydrogen-bond donors (Lipinski definition) is 1. The highest BCUT2D eigenvalue weighted by Crippen LogP contribution is 2.21. The first-order valence-corrected chi connectivity index (χ1v) is 7.80. The molecule has 3 unspecified atom stereocenters. The molecule has 1 heterocycles. The van der Waals surface area contributed by atoms with Crippen molar-refractivity contribution in [3.8, 4) is 5.75 Å². The van der Waals surface area contributed by atoms with Gasteiger partial charge in [-0.05, 0) is 45.6 Å². The third-order valence-corrected chi connectivity index (χ3v) is 4.74. The fraction of sp³-hybridized carbons (Fsp3) is 0.647. The van der Waals surface area contributed by atoms with Gasteiger partial charge < -0.3 is 10.1 Å². The van der Waals surface area contributed by atoms with Crippen molar-refractivity contribution in [1.29, 1.82) is 0 Å². The van der Waals surface area contributed by atoms with Crippen LogP contribution in [0.4, 0.5) is 0 Å². The zero-order valence-electron chi connectivity index (χ0n) is 14.0. The van der Waals surface area contributed by atoms with Crippen LogP contribution in [0.5, 0.6) is 5.75 Å². The molecule has 2 rings (SSSR count). The van der Waals surface area contributed by atoms with Crippen LogP contribution in [0.3, 0.4) is 0 Å². The number of hydrogen-bond acceptors (Lipinski definition) is 4. The van der Waals surface area contributed by atoms with Gasteiger partial charge >= 0.3 is 0 Å². The Morgan fingerprint density at radius 1 is 1.19 bits per heavy atom. The highest BCUT2D eigenvalue weighted by Gasteiger charge is 2.27. The summed E-state index contributed by atoms with van der Waals surface area (Å²) in [5.74, 6) is 0.912. The summed E-state index contributed by atoms with van der Waals surface area (Å²) in [6, 6.07) is 9.97. The van der Waals surface area contributed by atoms with Crippen molar-refractivity contribution < 1.29 is 4.74 Å². The summed E-state index contributed by atoms with van der Waals surface area (Å²) in [6.45, 7) is 7.94. The molecule has 1 aliphatic rings. The monoisotopic (exact) mass is 291 g/mol. The van der Waals surface area contributed by atoms with Gasteiger partial charge in [0, 0.05) is 37.8 Å². The van der Waals surface area contributed by atoms with Crippen molar-refractivity contribution in [2.75, 3.05) is 40.8 Å². The lowest BCUT2D eigenvalue weighted by molar-refractivity contribution is 0.0547. The van der Waals surface area contributed by atoms with Crippen molar-refractivity contribution in [1.82, 2.24) is 15.1 Å². The molecular weight excluding hydrogens is 262 g/mol. The predicted molar refractivity (Wildman–Crippen MR) is 87.9 cm³/mol. The van der Waals surface area contributed by atoms with Gasteiger partial charge in [0.2, 0.25) is 0 Å². The first-order valence-electron chi connectivity index (χ1n) is 7.80. The molecule has 0 bridgehead atoms. The minimum absolute atomic E-state index is 0.360.